The largest absolute Gasteiger partial charge is 0.314 e. The van der Waals surface area contributed by atoms with Crippen molar-refractivity contribution in [1.29, 1.82) is 0 Å². The second-order valence-corrected chi connectivity index (χ2v) is 3.83. The molecule has 82 valence electrons. The summed E-state index contributed by atoms with van der Waals surface area (Å²) in [6.45, 7) is 1.50. The van der Waals surface area contributed by atoms with E-state index in [1.54, 1.807) is 31.4 Å². The Morgan fingerprint density at radius 1 is 1.38 bits per heavy atom. The van der Waals surface area contributed by atoms with Gasteiger partial charge in [-0.1, -0.05) is 11.6 Å². The van der Waals surface area contributed by atoms with Crippen LogP contribution < -0.4 is 4.90 Å². The predicted molar refractivity (Wildman–Crippen MR) is 63.6 cm³/mol. The molecule has 0 unspecified atom stereocenters. The van der Waals surface area contributed by atoms with E-state index in [0.29, 0.717) is 16.4 Å². The van der Waals surface area contributed by atoms with E-state index in [9.17, 15) is 4.79 Å². The van der Waals surface area contributed by atoms with Gasteiger partial charge in [0, 0.05) is 14.0 Å². The van der Waals surface area contributed by atoms with E-state index < -0.39 is 0 Å². The maximum absolute atomic E-state index is 11.2. The first-order chi connectivity index (χ1) is 7.58. The molecule has 0 aliphatic carbocycles. The lowest BCUT2D eigenvalue weighted by Gasteiger charge is -2.14. The van der Waals surface area contributed by atoms with Crippen LogP contribution in [0.15, 0.2) is 24.4 Å². The van der Waals surface area contributed by atoms with Gasteiger partial charge in [-0.05, 0) is 18.2 Å². The number of hydrogen-bond donors (Lipinski definition) is 0. The average Bonchev–Trinajstić information content (AvgIpc) is 2.26. The summed E-state index contributed by atoms with van der Waals surface area (Å²) in [5.41, 5.74) is 2.14. The highest BCUT2D eigenvalue weighted by molar-refractivity contribution is 6.29. The molecule has 0 fully saturated rings. The first-order valence-electron chi connectivity index (χ1n) is 4.74. The third kappa shape index (κ3) is 1.97. The highest BCUT2D eigenvalue weighted by atomic mass is 35.5. The predicted octanol–water partition coefficient (Wildman–Crippen LogP) is 2.27. The van der Waals surface area contributed by atoms with E-state index in [2.05, 4.69) is 9.97 Å². The lowest BCUT2D eigenvalue weighted by molar-refractivity contribution is -0.116. The number of rotatable bonds is 1. The van der Waals surface area contributed by atoms with E-state index in [0.717, 1.165) is 5.52 Å². The normalized spacial score (nSPS) is 10.4. The summed E-state index contributed by atoms with van der Waals surface area (Å²) in [4.78, 5) is 21.1. The standard InChI is InChI=1S/C11H10ClN3O/c1-7(16)15(2)8-5-10-9(13-6-8)3-4-11(12)14-10/h3-6H,1-2H3. The number of halogens is 1. The Balaban J connectivity index is 2.54. The Morgan fingerprint density at radius 2 is 2.12 bits per heavy atom. The maximum atomic E-state index is 11.2. The van der Waals surface area contributed by atoms with Crippen LogP contribution in [0.2, 0.25) is 5.15 Å². The molecular weight excluding hydrogens is 226 g/mol. The first kappa shape index (κ1) is 10.8. The molecule has 0 atom stereocenters. The molecule has 5 heteroatoms. The smallest absolute Gasteiger partial charge is 0.223 e. The van der Waals surface area contributed by atoms with E-state index in [1.807, 2.05) is 0 Å². The molecule has 0 saturated heterocycles. The van der Waals surface area contributed by atoms with Gasteiger partial charge in [0.2, 0.25) is 5.91 Å². The van der Waals surface area contributed by atoms with Crippen molar-refractivity contribution in [2.75, 3.05) is 11.9 Å². The number of pyridine rings is 2. The van der Waals surface area contributed by atoms with E-state index >= 15 is 0 Å². The summed E-state index contributed by atoms with van der Waals surface area (Å²) in [5, 5.41) is 0.414. The number of carbonyl (C=O) groups excluding carboxylic acids is 1. The molecule has 2 aromatic heterocycles. The van der Waals surface area contributed by atoms with Gasteiger partial charge in [0.25, 0.3) is 0 Å². The van der Waals surface area contributed by atoms with Crippen molar-refractivity contribution >= 4 is 34.2 Å². The zero-order valence-electron chi connectivity index (χ0n) is 8.94. The van der Waals surface area contributed by atoms with Crippen molar-refractivity contribution in [3.05, 3.63) is 29.5 Å². The molecule has 0 aromatic carbocycles. The number of hydrogen-bond acceptors (Lipinski definition) is 3. The van der Waals surface area contributed by atoms with Crippen LogP contribution in [0.3, 0.4) is 0 Å². The molecule has 0 N–H and O–H groups in total. The summed E-state index contributed by atoms with van der Waals surface area (Å²) >= 11 is 5.79. The summed E-state index contributed by atoms with van der Waals surface area (Å²) in [6, 6.07) is 5.27. The van der Waals surface area contributed by atoms with Gasteiger partial charge in [-0.2, -0.15) is 0 Å². The first-order valence-corrected chi connectivity index (χ1v) is 5.12. The molecule has 0 spiro atoms. The van der Waals surface area contributed by atoms with Crippen LogP contribution in [-0.4, -0.2) is 22.9 Å². The Hall–Kier alpha value is -1.68. The van der Waals surface area contributed by atoms with Crippen molar-refractivity contribution in [2.45, 2.75) is 6.92 Å². The minimum Gasteiger partial charge on any atom is -0.314 e. The van der Waals surface area contributed by atoms with Crippen LogP contribution in [0.4, 0.5) is 5.69 Å². The molecule has 0 aliphatic rings. The van der Waals surface area contributed by atoms with Gasteiger partial charge in [-0.25, -0.2) is 4.98 Å². The minimum atomic E-state index is -0.0526. The van der Waals surface area contributed by atoms with Gasteiger partial charge in [0.1, 0.15) is 5.15 Å². The molecule has 2 heterocycles. The van der Waals surface area contributed by atoms with Gasteiger partial charge in [0.15, 0.2) is 0 Å². The highest BCUT2D eigenvalue weighted by Gasteiger charge is 2.07. The number of aromatic nitrogens is 2. The van der Waals surface area contributed by atoms with Gasteiger partial charge in [-0.15, -0.1) is 0 Å². The Kier molecular flexibility index (Phi) is 2.75. The van der Waals surface area contributed by atoms with Crippen molar-refractivity contribution in [3.8, 4) is 0 Å². The summed E-state index contributed by atoms with van der Waals surface area (Å²) < 4.78 is 0. The second-order valence-electron chi connectivity index (χ2n) is 3.44. The lowest BCUT2D eigenvalue weighted by Crippen LogP contribution is -2.22. The monoisotopic (exact) mass is 235 g/mol. The summed E-state index contributed by atoms with van der Waals surface area (Å²) in [5.74, 6) is -0.0526. The SMILES string of the molecule is CC(=O)N(C)c1cnc2ccc(Cl)nc2c1. The summed E-state index contributed by atoms with van der Waals surface area (Å²) in [6.07, 6.45) is 1.64. The van der Waals surface area contributed by atoms with Crippen molar-refractivity contribution in [3.63, 3.8) is 0 Å². The molecule has 4 nitrogen and oxygen atoms in total. The Labute approximate surface area is 97.9 Å². The number of amides is 1. The van der Waals surface area contributed by atoms with Crippen molar-refractivity contribution in [1.82, 2.24) is 9.97 Å². The van der Waals surface area contributed by atoms with Crippen LogP contribution in [0.5, 0.6) is 0 Å². The van der Waals surface area contributed by atoms with Crippen LogP contribution in [0, 0.1) is 0 Å². The third-order valence-corrected chi connectivity index (χ3v) is 2.56. The number of anilines is 1. The molecule has 0 aliphatic heterocycles. The van der Waals surface area contributed by atoms with Gasteiger partial charge < -0.3 is 4.90 Å². The van der Waals surface area contributed by atoms with Crippen molar-refractivity contribution < 1.29 is 4.79 Å². The Morgan fingerprint density at radius 3 is 2.81 bits per heavy atom. The topological polar surface area (TPSA) is 46.1 Å². The van der Waals surface area contributed by atoms with Crippen molar-refractivity contribution in [2.24, 2.45) is 0 Å². The molecule has 2 aromatic rings. The van der Waals surface area contributed by atoms with E-state index in [-0.39, 0.29) is 5.91 Å². The number of carbonyl (C=O) groups is 1. The molecule has 1 amide bonds. The summed E-state index contributed by atoms with van der Waals surface area (Å²) in [7, 11) is 1.69. The fourth-order valence-corrected chi connectivity index (χ4v) is 1.49. The van der Waals surface area contributed by atoms with E-state index in [4.69, 9.17) is 11.6 Å². The quantitative estimate of drug-likeness (QED) is 0.713. The maximum Gasteiger partial charge on any atom is 0.223 e. The molecule has 0 saturated carbocycles. The molecule has 0 radical (unpaired) electrons. The van der Waals surface area contributed by atoms with Crippen LogP contribution in [-0.2, 0) is 4.79 Å². The third-order valence-electron chi connectivity index (χ3n) is 2.35. The van der Waals surface area contributed by atoms with Gasteiger partial charge in [-0.3, -0.25) is 9.78 Å². The van der Waals surface area contributed by atoms with Gasteiger partial charge in [0.05, 0.1) is 22.9 Å². The second kappa shape index (κ2) is 4.06. The fraction of sp³-hybridized carbons (Fsp3) is 0.182. The molecule has 2 rings (SSSR count). The number of nitrogens with zero attached hydrogens (tertiary/aromatic N) is 3. The molecule has 0 bridgehead atoms. The van der Waals surface area contributed by atoms with Gasteiger partial charge >= 0.3 is 0 Å². The fourth-order valence-electron chi connectivity index (χ4n) is 1.34. The van der Waals surface area contributed by atoms with Crippen LogP contribution in [0.25, 0.3) is 11.0 Å². The van der Waals surface area contributed by atoms with Crippen LogP contribution >= 0.6 is 11.6 Å². The minimum absolute atomic E-state index is 0.0526. The average molecular weight is 236 g/mol. The van der Waals surface area contributed by atoms with Crippen LogP contribution in [0.1, 0.15) is 6.92 Å². The molecule has 16 heavy (non-hydrogen) atoms. The lowest BCUT2D eigenvalue weighted by atomic mass is 10.3. The highest BCUT2D eigenvalue weighted by Crippen LogP contribution is 2.19. The molecular formula is C11H10ClN3O. The van der Waals surface area contributed by atoms with E-state index in [1.165, 1.54) is 11.8 Å². The zero-order chi connectivity index (χ0) is 11.7. The zero-order valence-corrected chi connectivity index (χ0v) is 9.69. The number of fused-ring (bicyclic) bond motifs is 1. The Bertz CT molecular complexity index is 556.